The van der Waals surface area contributed by atoms with Gasteiger partial charge < -0.3 is 5.11 Å². The number of para-hydroxylation sites is 1. The minimum atomic E-state index is -3.73. The lowest BCUT2D eigenvalue weighted by molar-refractivity contribution is -0.385. The van der Waals surface area contributed by atoms with E-state index in [4.69, 9.17) is 5.11 Å². The number of sulfonamides is 1. The highest BCUT2D eigenvalue weighted by atomic mass is 32.2. The van der Waals surface area contributed by atoms with Gasteiger partial charge in [-0.2, -0.15) is 0 Å². The monoisotopic (exact) mass is 288 g/mol. The van der Waals surface area contributed by atoms with Gasteiger partial charge in [0, 0.05) is 17.7 Å². The summed E-state index contributed by atoms with van der Waals surface area (Å²) in [5.41, 5.74) is -0.113. The average molecular weight is 288 g/mol. The van der Waals surface area contributed by atoms with E-state index < -0.39 is 26.7 Å². The topological polar surface area (TPSA) is 110 Å². The van der Waals surface area contributed by atoms with E-state index in [9.17, 15) is 18.5 Å². The molecule has 1 aromatic rings. The fraction of sp³-hybridized carbons (Fsp3) is 0.455. The van der Waals surface area contributed by atoms with Crippen molar-refractivity contribution >= 4 is 15.7 Å². The van der Waals surface area contributed by atoms with Gasteiger partial charge >= 0.3 is 0 Å². The molecule has 0 fully saturated rings. The van der Waals surface area contributed by atoms with Crippen molar-refractivity contribution in [3.8, 4) is 0 Å². The zero-order valence-electron chi connectivity index (χ0n) is 10.4. The van der Waals surface area contributed by atoms with Crippen molar-refractivity contribution in [1.82, 2.24) is 4.72 Å². The van der Waals surface area contributed by atoms with E-state index in [1.165, 1.54) is 18.2 Å². The van der Waals surface area contributed by atoms with Gasteiger partial charge in [-0.15, -0.1) is 0 Å². The lowest BCUT2D eigenvalue weighted by Crippen LogP contribution is -2.37. The number of benzene rings is 1. The minimum absolute atomic E-state index is 0.118. The fourth-order valence-corrected chi connectivity index (χ4v) is 3.05. The zero-order valence-corrected chi connectivity index (χ0v) is 11.3. The van der Waals surface area contributed by atoms with Crippen molar-refractivity contribution in [2.24, 2.45) is 0 Å². The molecule has 8 heteroatoms. The number of hydrogen-bond donors (Lipinski definition) is 2. The minimum Gasteiger partial charge on any atom is -0.395 e. The molecule has 0 aliphatic carbocycles. The Morgan fingerprint density at radius 1 is 1.42 bits per heavy atom. The van der Waals surface area contributed by atoms with E-state index >= 15 is 0 Å². The first-order chi connectivity index (χ1) is 8.89. The molecular formula is C11H16N2O5S. The largest absolute Gasteiger partial charge is 0.395 e. The predicted octanol–water partition coefficient (Wildman–Crippen LogP) is 0.785. The summed E-state index contributed by atoms with van der Waals surface area (Å²) in [6.07, 6.45) is 0.437. The first kappa shape index (κ1) is 15.5. The van der Waals surface area contributed by atoms with Gasteiger partial charge in [-0.1, -0.05) is 25.1 Å². The number of aliphatic hydroxyl groups excluding tert-OH is 1. The van der Waals surface area contributed by atoms with Gasteiger partial charge in [0.1, 0.15) is 0 Å². The Balaban J connectivity index is 2.93. The maximum absolute atomic E-state index is 11.9. The fourth-order valence-electron chi connectivity index (χ4n) is 1.56. The Morgan fingerprint density at radius 3 is 2.58 bits per heavy atom. The molecule has 7 nitrogen and oxygen atoms in total. The summed E-state index contributed by atoms with van der Waals surface area (Å²) in [5.74, 6) is -0.485. The number of nitro benzene ring substituents is 1. The van der Waals surface area contributed by atoms with Crippen molar-refractivity contribution in [1.29, 1.82) is 0 Å². The summed E-state index contributed by atoms with van der Waals surface area (Å²) >= 11 is 0. The van der Waals surface area contributed by atoms with E-state index in [2.05, 4.69) is 4.72 Å². The summed E-state index contributed by atoms with van der Waals surface area (Å²) in [7, 11) is -3.73. The Kier molecular flexibility index (Phi) is 5.40. The van der Waals surface area contributed by atoms with E-state index in [1.54, 1.807) is 13.0 Å². The third-order valence-electron chi connectivity index (χ3n) is 2.59. The molecule has 0 aliphatic rings. The van der Waals surface area contributed by atoms with E-state index in [0.29, 0.717) is 6.42 Å². The van der Waals surface area contributed by atoms with Crippen LogP contribution in [0.1, 0.15) is 18.9 Å². The average Bonchev–Trinajstić information content (AvgIpc) is 2.35. The lowest BCUT2D eigenvalue weighted by atomic mass is 10.2. The highest BCUT2D eigenvalue weighted by Crippen LogP contribution is 2.19. The summed E-state index contributed by atoms with van der Waals surface area (Å²) in [5, 5.41) is 19.8. The van der Waals surface area contributed by atoms with Crippen molar-refractivity contribution in [2.45, 2.75) is 25.1 Å². The van der Waals surface area contributed by atoms with Crippen LogP contribution in [0.4, 0.5) is 5.69 Å². The van der Waals surface area contributed by atoms with Gasteiger partial charge in [0.05, 0.1) is 17.3 Å². The first-order valence-corrected chi connectivity index (χ1v) is 7.38. The molecule has 0 heterocycles. The second-order valence-corrected chi connectivity index (χ2v) is 5.80. The van der Waals surface area contributed by atoms with Gasteiger partial charge in [0.2, 0.25) is 10.0 Å². The van der Waals surface area contributed by atoms with E-state index in [1.807, 2.05) is 0 Å². The molecule has 1 unspecified atom stereocenters. The predicted molar refractivity (Wildman–Crippen MR) is 70.0 cm³/mol. The van der Waals surface area contributed by atoms with E-state index in [0.717, 1.165) is 0 Å². The smallest absolute Gasteiger partial charge is 0.273 e. The molecule has 0 amide bonds. The van der Waals surface area contributed by atoms with Crippen LogP contribution in [0.25, 0.3) is 0 Å². The normalized spacial score (nSPS) is 13.2. The van der Waals surface area contributed by atoms with Crippen molar-refractivity contribution in [2.75, 3.05) is 6.61 Å². The molecule has 0 radical (unpaired) electrons. The van der Waals surface area contributed by atoms with Gasteiger partial charge in [-0.25, -0.2) is 13.1 Å². The molecule has 106 valence electrons. The van der Waals surface area contributed by atoms with Gasteiger partial charge in [0.25, 0.3) is 5.69 Å². The maximum atomic E-state index is 11.9. The van der Waals surface area contributed by atoms with E-state index in [-0.39, 0.29) is 17.9 Å². The van der Waals surface area contributed by atoms with Crippen LogP contribution in [-0.2, 0) is 15.8 Å². The van der Waals surface area contributed by atoms with Crippen molar-refractivity contribution in [3.63, 3.8) is 0 Å². The molecule has 1 atom stereocenters. The highest BCUT2D eigenvalue weighted by molar-refractivity contribution is 7.88. The summed E-state index contributed by atoms with van der Waals surface area (Å²) in [4.78, 5) is 10.2. The van der Waals surface area contributed by atoms with Crippen molar-refractivity contribution < 1.29 is 18.4 Å². The summed E-state index contributed by atoms with van der Waals surface area (Å²) < 4.78 is 26.0. The molecule has 0 saturated heterocycles. The quantitative estimate of drug-likeness (QED) is 0.569. The summed E-state index contributed by atoms with van der Waals surface area (Å²) in [6.45, 7) is 1.42. The Labute approximate surface area is 111 Å². The van der Waals surface area contributed by atoms with Crippen LogP contribution in [-0.4, -0.2) is 31.1 Å². The van der Waals surface area contributed by atoms with Crippen LogP contribution in [0, 0.1) is 10.1 Å². The number of nitrogens with zero attached hydrogens (tertiary/aromatic N) is 1. The number of nitrogens with one attached hydrogen (secondary N) is 1. The third kappa shape index (κ3) is 4.58. The Morgan fingerprint density at radius 2 is 2.05 bits per heavy atom. The van der Waals surface area contributed by atoms with Crippen LogP contribution < -0.4 is 4.72 Å². The molecule has 0 aromatic heterocycles. The second kappa shape index (κ2) is 6.60. The molecule has 2 N–H and O–H groups in total. The maximum Gasteiger partial charge on any atom is 0.273 e. The molecular weight excluding hydrogens is 272 g/mol. The number of nitro groups is 1. The molecule has 0 spiro atoms. The van der Waals surface area contributed by atoms with Crippen LogP contribution in [0.15, 0.2) is 24.3 Å². The van der Waals surface area contributed by atoms with Crippen LogP contribution in [0.2, 0.25) is 0 Å². The van der Waals surface area contributed by atoms with Gasteiger partial charge in [-0.3, -0.25) is 10.1 Å². The van der Waals surface area contributed by atoms with Crippen LogP contribution in [0.3, 0.4) is 0 Å². The van der Waals surface area contributed by atoms with Crippen LogP contribution >= 0.6 is 0 Å². The zero-order chi connectivity index (χ0) is 14.5. The second-order valence-electron chi connectivity index (χ2n) is 4.05. The molecule has 0 aliphatic heterocycles. The van der Waals surface area contributed by atoms with Crippen LogP contribution in [0.5, 0.6) is 0 Å². The van der Waals surface area contributed by atoms with Crippen molar-refractivity contribution in [3.05, 3.63) is 39.9 Å². The number of rotatable bonds is 7. The summed E-state index contributed by atoms with van der Waals surface area (Å²) in [6, 6.07) is 5.10. The molecule has 0 saturated carbocycles. The standard InChI is InChI=1S/C11H16N2O5S/c1-2-10(7-14)12-19(17,18)8-9-5-3-4-6-11(9)13(15)16/h3-6,10,12,14H,2,7-8H2,1H3. The first-order valence-electron chi connectivity index (χ1n) is 5.72. The Hall–Kier alpha value is -1.51. The third-order valence-corrected chi connectivity index (χ3v) is 3.98. The number of hydrogen-bond acceptors (Lipinski definition) is 5. The van der Waals surface area contributed by atoms with Gasteiger partial charge in [0.15, 0.2) is 0 Å². The lowest BCUT2D eigenvalue weighted by Gasteiger charge is -2.14. The molecule has 0 bridgehead atoms. The number of aliphatic hydroxyl groups is 1. The SMILES string of the molecule is CCC(CO)NS(=O)(=O)Cc1ccccc1[N+](=O)[O-]. The molecule has 19 heavy (non-hydrogen) atoms. The molecule has 1 aromatic carbocycles. The Bertz CT molecular complexity index is 540. The molecule has 1 rings (SSSR count). The van der Waals surface area contributed by atoms with Gasteiger partial charge in [-0.05, 0) is 6.42 Å². The highest BCUT2D eigenvalue weighted by Gasteiger charge is 2.21.